The van der Waals surface area contributed by atoms with Gasteiger partial charge in [0, 0.05) is 18.1 Å². The highest BCUT2D eigenvalue weighted by atomic mass is 16.5. The Hall–Kier alpha value is -1.15. The van der Waals surface area contributed by atoms with Gasteiger partial charge in [0.2, 0.25) is 0 Å². The van der Waals surface area contributed by atoms with Crippen molar-refractivity contribution in [3.63, 3.8) is 0 Å². The van der Waals surface area contributed by atoms with Gasteiger partial charge in [-0.05, 0) is 68.1 Å². The van der Waals surface area contributed by atoms with Gasteiger partial charge in [-0.2, -0.15) is 0 Å². The second kappa shape index (κ2) is 5.49. The Morgan fingerprint density at radius 1 is 1.09 bits per heavy atom. The second-order valence-corrected chi connectivity index (χ2v) is 7.62. The molecular formula is C20H26O2. The number of fused-ring (bicyclic) bond motifs is 1. The van der Waals surface area contributed by atoms with Crippen LogP contribution < -0.4 is 0 Å². The third-order valence-corrected chi connectivity index (χ3v) is 6.44. The van der Waals surface area contributed by atoms with E-state index in [1.807, 2.05) is 0 Å². The Bertz CT molecular complexity index is 575. The van der Waals surface area contributed by atoms with E-state index < -0.39 is 0 Å². The van der Waals surface area contributed by atoms with Gasteiger partial charge in [-0.1, -0.05) is 25.0 Å². The molecule has 2 saturated carbocycles. The minimum absolute atomic E-state index is 0.105. The van der Waals surface area contributed by atoms with E-state index in [1.165, 1.54) is 36.8 Å². The van der Waals surface area contributed by atoms with E-state index >= 15 is 0 Å². The van der Waals surface area contributed by atoms with Crippen LogP contribution >= 0.6 is 0 Å². The van der Waals surface area contributed by atoms with Crippen molar-refractivity contribution in [2.75, 3.05) is 7.11 Å². The summed E-state index contributed by atoms with van der Waals surface area (Å²) in [6.07, 6.45) is 10.7. The fourth-order valence-corrected chi connectivity index (χ4v) is 4.99. The monoisotopic (exact) mass is 298 g/mol. The minimum atomic E-state index is -0.105. The summed E-state index contributed by atoms with van der Waals surface area (Å²) in [5.41, 5.74) is 3.64. The molecule has 0 aromatic heterocycles. The molecule has 3 aliphatic rings. The van der Waals surface area contributed by atoms with E-state index in [2.05, 4.69) is 18.2 Å². The van der Waals surface area contributed by atoms with Gasteiger partial charge in [0.25, 0.3) is 0 Å². The Balaban J connectivity index is 1.59. The van der Waals surface area contributed by atoms with Crippen molar-refractivity contribution in [1.29, 1.82) is 0 Å². The summed E-state index contributed by atoms with van der Waals surface area (Å²) in [7, 11) is 1.79. The van der Waals surface area contributed by atoms with Gasteiger partial charge in [-0.3, -0.25) is 4.79 Å². The van der Waals surface area contributed by atoms with Crippen LogP contribution in [0.15, 0.2) is 18.2 Å². The van der Waals surface area contributed by atoms with Crippen LogP contribution in [0.5, 0.6) is 0 Å². The molecule has 3 aliphatic carbocycles. The first-order valence-corrected chi connectivity index (χ1v) is 8.92. The summed E-state index contributed by atoms with van der Waals surface area (Å²) in [5.74, 6) is 1.12. The Morgan fingerprint density at radius 2 is 1.82 bits per heavy atom. The highest BCUT2D eigenvalue weighted by Gasteiger charge is 2.47. The molecule has 0 aliphatic heterocycles. The number of ether oxygens (including phenoxy) is 1. The number of hydrogen-bond donors (Lipinski definition) is 0. The highest BCUT2D eigenvalue weighted by Crippen LogP contribution is 2.48. The molecule has 0 radical (unpaired) electrons. The van der Waals surface area contributed by atoms with Crippen LogP contribution in [0.4, 0.5) is 0 Å². The first-order chi connectivity index (χ1) is 10.7. The molecule has 0 saturated heterocycles. The molecular weight excluding hydrogens is 272 g/mol. The lowest BCUT2D eigenvalue weighted by molar-refractivity contribution is 0.0285. The number of ketones is 1. The summed E-state index contributed by atoms with van der Waals surface area (Å²) in [5, 5.41) is 0. The fraction of sp³-hybridized carbons (Fsp3) is 0.650. The molecule has 118 valence electrons. The molecule has 1 aromatic carbocycles. The normalized spacial score (nSPS) is 31.9. The van der Waals surface area contributed by atoms with Crippen molar-refractivity contribution >= 4 is 5.78 Å². The quantitative estimate of drug-likeness (QED) is 0.794. The van der Waals surface area contributed by atoms with Gasteiger partial charge < -0.3 is 4.74 Å². The zero-order valence-corrected chi connectivity index (χ0v) is 13.6. The summed E-state index contributed by atoms with van der Waals surface area (Å²) in [6.45, 7) is 0. The highest BCUT2D eigenvalue weighted by molar-refractivity contribution is 6.05. The maximum Gasteiger partial charge on any atom is 0.169 e. The molecule has 0 N–H and O–H groups in total. The maximum absolute atomic E-state index is 13.1. The van der Waals surface area contributed by atoms with E-state index in [4.69, 9.17) is 4.74 Å². The minimum Gasteiger partial charge on any atom is -0.381 e. The van der Waals surface area contributed by atoms with Crippen molar-refractivity contribution in [3.05, 3.63) is 34.9 Å². The van der Waals surface area contributed by atoms with Crippen molar-refractivity contribution in [2.24, 2.45) is 5.41 Å². The Kier molecular flexibility index (Phi) is 3.60. The topological polar surface area (TPSA) is 26.3 Å². The van der Waals surface area contributed by atoms with Crippen molar-refractivity contribution < 1.29 is 9.53 Å². The number of benzene rings is 1. The molecule has 2 heteroatoms. The summed E-state index contributed by atoms with van der Waals surface area (Å²) in [4.78, 5) is 13.1. The lowest BCUT2D eigenvalue weighted by atomic mass is 9.70. The molecule has 2 fully saturated rings. The molecule has 0 heterocycles. The second-order valence-electron chi connectivity index (χ2n) is 7.62. The van der Waals surface area contributed by atoms with Crippen LogP contribution in [0.3, 0.4) is 0 Å². The molecule has 1 aromatic rings. The largest absolute Gasteiger partial charge is 0.381 e. The number of methoxy groups -OCH3 is 1. The van der Waals surface area contributed by atoms with Crippen molar-refractivity contribution in [1.82, 2.24) is 0 Å². The molecule has 1 spiro atoms. The predicted molar refractivity (Wildman–Crippen MR) is 87.4 cm³/mol. The fourth-order valence-electron chi connectivity index (χ4n) is 4.99. The third kappa shape index (κ3) is 2.23. The van der Waals surface area contributed by atoms with Gasteiger partial charge in [0.1, 0.15) is 0 Å². The predicted octanol–water partition coefficient (Wildman–Crippen LogP) is 4.66. The van der Waals surface area contributed by atoms with Gasteiger partial charge in [-0.25, -0.2) is 0 Å². The third-order valence-electron chi connectivity index (χ3n) is 6.44. The number of carbonyl (C=O) groups excluding carboxylic acids is 1. The van der Waals surface area contributed by atoms with Crippen LogP contribution in [0.25, 0.3) is 0 Å². The van der Waals surface area contributed by atoms with Gasteiger partial charge in [-0.15, -0.1) is 0 Å². The number of hydrogen-bond acceptors (Lipinski definition) is 2. The molecule has 0 bridgehead atoms. The summed E-state index contributed by atoms with van der Waals surface area (Å²) in [6, 6.07) is 6.78. The molecule has 0 unspecified atom stereocenters. The van der Waals surface area contributed by atoms with Crippen LogP contribution in [-0.2, 0) is 11.2 Å². The van der Waals surface area contributed by atoms with E-state index in [-0.39, 0.29) is 5.41 Å². The van der Waals surface area contributed by atoms with Crippen LogP contribution in [0.2, 0.25) is 0 Å². The van der Waals surface area contributed by atoms with Crippen LogP contribution in [0, 0.1) is 5.41 Å². The van der Waals surface area contributed by atoms with E-state index in [9.17, 15) is 4.79 Å². The molecule has 4 rings (SSSR count). The average molecular weight is 298 g/mol. The lowest BCUT2D eigenvalue weighted by Gasteiger charge is -2.35. The van der Waals surface area contributed by atoms with Gasteiger partial charge in [0.15, 0.2) is 5.78 Å². The SMILES string of the molecule is CO[C@H]1CC[C@]2(CC1)Cc1ccc(C3CCCC3)cc1C2=O. The molecule has 0 atom stereocenters. The molecule has 0 amide bonds. The number of rotatable bonds is 2. The Labute approximate surface area is 133 Å². The van der Waals surface area contributed by atoms with Crippen molar-refractivity contribution in [2.45, 2.75) is 69.8 Å². The first-order valence-electron chi connectivity index (χ1n) is 8.92. The molecule has 22 heavy (non-hydrogen) atoms. The summed E-state index contributed by atoms with van der Waals surface area (Å²) >= 11 is 0. The maximum atomic E-state index is 13.1. The smallest absolute Gasteiger partial charge is 0.169 e. The average Bonchev–Trinajstić information content (AvgIpc) is 3.17. The molecule has 2 nitrogen and oxygen atoms in total. The van der Waals surface area contributed by atoms with Crippen LogP contribution in [0.1, 0.15) is 78.8 Å². The van der Waals surface area contributed by atoms with E-state index in [0.29, 0.717) is 17.8 Å². The first kappa shape index (κ1) is 14.4. The number of Topliss-reactive ketones (excluding diaryl/α,β-unsaturated/α-hetero) is 1. The standard InChI is InChI=1S/C20H26O2/c1-22-17-8-10-20(11-9-17)13-16-7-6-15(12-18(16)19(20)21)14-4-2-3-5-14/h6-7,12,14,17H,2-5,8-11,13H2,1H3/t17-,20-. The summed E-state index contributed by atoms with van der Waals surface area (Å²) < 4.78 is 5.48. The van der Waals surface area contributed by atoms with E-state index in [0.717, 1.165) is 37.7 Å². The zero-order valence-electron chi connectivity index (χ0n) is 13.6. The lowest BCUT2D eigenvalue weighted by Crippen LogP contribution is -2.35. The number of carbonyl (C=O) groups is 1. The zero-order chi connectivity index (χ0) is 15.2. The van der Waals surface area contributed by atoms with Crippen LogP contribution in [-0.4, -0.2) is 19.0 Å². The van der Waals surface area contributed by atoms with Crippen molar-refractivity contribution in [3.8, 4) is 0 Å². The van der Waals surface area contributed by atoms with Gasteiger partial charge >= 0.3 is 0 Å². The van der Waals surface area contributed by atoms with E-state index in [1.54, 1.807) is 7.11 Å². The Morgan fingerprint density at radius 3 is 2.50 bits per heavy atom. The van der Waals surface area contributed by atoms with Gasteiger partial charge in [0.05, 0.1) is 6.10 Å².